The molecule has 5 heteroatoms. The van der Waals surface area contributed by atoms with Crippen LogP contribution < -0.4 is 11.1 Å². The van der Waals surface area contributed by atoms with Gasteiger partial charge in [0.05, 0.1) is 11.4 Å². The van der Waals surface area contributed by atoms with E-state index in [1.165, 1.54) is 5.56 Å². The average molecular weight is 397 g/mol. The SMILES string of the molecule is CC(C)N(C(=S)Nc1ccccc1N)C1CCN(CCc2ccccc2)CC1. The lowest BCUT2D eigenvalue weighted by molar-refractivity contribution is 0.140. The third kappa shape index (κ3) is 5.46. The van der Waals surface area contributed by atoms with Crippen LogP contribution in [0.1, 0.15) is 32.3 Å². The molecule has 1 saturated heterocycles. The maximum Gasteiger partial charge on any atom is 0.173 e. The Morgan fingerprint density at radius 3 is 2.39 bits per heavy atom. The van der Waals surface area contributed by atoms with E-state index in [1.807, 2.05) is 24.3 Å². The first-order chi connectivity index (χ1) is 13.5. The number of anilines is 2. The van der Waals surface area contributed by atoms with E-state index in [9.17, 15) is 0 Å². The first kappa shape index (κ1) is 20.6. The molecule has 4 nitrogen and oxygen atoms in total. The highest BCUT2D eigenvalue weighted by atomic mass is 32.1. The van der Waals surface area contributed by atoms with Crippen molar-refractivity contribution in [3.8, 4) is 0 Å². The van der Waals surface area contributed by atoms with Gasteiger partial charge in [-0.1, -0.05) is 42.5 Å². The minimum atomic E-state index is 0.353. The van der Waals surface area contributed by atoms with Gasteiger partial charge in [-0.2, -0.15) is 0 Å². The molecule has 28 heavy (non-hydrogen) atoms. The summed E-state index contributed by atoms with van der Waals surface area (Å²) >= 11 is 5.76. The molecule has 0 amide bonds. The van der Waals surface area contributed by atoms with Gasteiger partial charge in [-0.25, -0.2) is 0 Å². The van der Waals surface area contributed by atoms with Crippen molar-refractivity contribution in [3.05, 3.63) is 60.2 Å². The van der Waals surface area contributed by atoms with Crippen molar-refractivity contribution in [3.63, 3.8) is 0 Å². The van der Waals surface area contributed by atoms with Crippen LogP contribution in [0.2, 0.25) is 0 Å². The summed E-state index contributed by atoms with van der Waals surface area (Å²) in [6.45, 7) is 7.80. The topological polar surface area (TPSA) is 44.5 Å². The maximum atomic E-state index is 6.08. The molecule has 0 aliphatic carbocycles. The minimum Gasteiger partial charge on any atom is -0.397 e. The van der Waals surface area contributed by atoms with Crippen molar-refractivity contribution < 1.29 is 0 Å². The number of nitrogens with one attached hydrogen (secondary N) is 1. The molecule has 0 unspecified atom stereocenters. The normalized spacial score (nSPS) is 15.5. The second kappa shape index (κ2) is 9.89. The molecule has 1 aliphatic heterocycles. The van der Waals surface area contributed by atoms with Gasteiger partial charge in [0.2, 0.25) is 0 Å². The van der Waals surface area contributed by atoms with Crippen molar-refractivity contribution in [1.82, 2.24) is 9.80 Å². The fraction of sp³-hybridized carbons (Fsp3) is 0.435. The molecule has 2 aromatic carbocycles. The molecule has 0 radical (unpaired) electrons. The van der Waals surface area contributed by atoms with Gasteiger partial charge in [0.15, 0.2) is 5.11 Å². The average Bonchev–Trinajstić information content (AvgIpc) is 2.70. The lowest BCUT2D eigenvalue weighted by Gasteiger charge is -2.42. The van der Waals surface area contributed by atoms with Crippen LogP contribution >= 0.6 is 12.2 Å². The maximum absolute atomic E-state index is 6.08. The molecule has 1 aliphatic rings. The zero-order chi connectivity index (χ0) is 19.9. The van der Waals surface area contributed by atoms with Gasteiger partial charge in [-0.05, 0) is 63.0 Å². The summed E-state index contributed by atoms with van der Waals surface area (Å²) in [6.07, 6.45) is 3.39. The van der Waals surface area contributed by atoms with Crippen molar-refractivity contribution in [2.75, 3.05) is 30.7 Å². The van der Waals surface area contributed by atoms with E-state index in [0.717, 1.165) is 55.4 Å². The highest BCUT2D eigenvalue weighted by molar-refractivity contribution is 7.80. The quantitative estimate of drug-likeness (QED) is 0.560. The standard InChI is InChI=1S/C23H32N4S/c1-18(2)27(23(28)25-22-11-7-6-10-21(22)24)20-13-16-26(17-14-20)15-12-19-8-4-3-5-9-19/h3-11,18,20H,12-17,24H2,1-2H3,(H,25,28). The number of nitrogen functional groups attached to an aromatic ring is 1. The van der Waals surface area contributed by atoms with E-state index in [2.05, 4.69) is 59.3 Å². The summed E-state index contributed by atoms with van der Waals surface area (Å²) in [5, 5.41) is 4.14. The number of para-hydroxylation sites is 2. The number of benzene rings is 2. The fourth-order valence-corrected chi connectivity index (χ4v) is 4.44. The molecule has 150 valence electrons. The van der Waals surface area contributed by atoms with E-state index in [-0.39, 0.29) is 0 Å². The summed E-state index contributed by atoms with van der Waals surface area (Å²) in [5.41, 5.74) is 9.11. The van der Waals surface area contributed by atoms with Gasteiger partial charge in [0, 0.05) is 31.7 Å². The highest BCUT2D eigenvalue weighted by Crippen LogP contribution is 2.23. The number of hydrogen-bond acceptors (Lipinski definition) is 3. The number of thiocarbonyl (C=S) groups is 1. The summed E-state index contributed by atoms with van der Waals surface area (Å²) in [7, 11) is 0. The molecular formula is C23H32N4S. The number of hydrogen-bond donors (Lipinski definition) is 2. The van der Waals surface area contributed by atoms with Gasteiger partial charge in [-0.15, -0.1) is 0 Å². The number of nitrogens with two attached hydrogens (primary N) is 1. The largest absolute Gasteiger partial charge is 0.397 e. The third-order valence-electron chi connectivity index (χ3n) is 5.50. The summed E-state index contributed by atoms with van der Waals surface area (Å²) in [4.78, 5) is 4.93. The Bertz CT molecular complexity index is 754. The second-order valence-corrected chi connectivity index (χ2v) is 8.21. The minimum absolute atomic E-state index is 0.353. The Kier molecular flexibility index (Phi) is 7.29. The van der Waals surface area contributed by atoms with Crippen LogP contribution in [0.3, 0.4) is 0 Å². The molecule has 2 aromatic rings. The van der Waals surface area contributed by atoms with E-state index >= 15 is 0 Å². The smallest absolute Gasteiger partial charge is 0.173 e. The molecule has 1 heterocycles. The van der Waals surface area contributed by atoms with Crippen LogP contribution in [0, 0.1) is 0 Å². The zero-order valence-corrected chi connectivity index (χ0v) is 17.8. The fourth-order valence-electron chi connectivity index (χ4n) is 3.97. The van der Waals surface area contributed by atoms with Crippen molar-refractivity contribution in [2.24, 2.45) is 0 Å². The predicted octanol–water partition coefficient (Wildman–Crippen LogP) is 4.38. The van der Waals surface area contributed by atoms with E-state index < -0.39 is 0 Å². The summed E-state index contributed by atoms with van der Waals surface area (Å²) in [5.74, 6) is 0. The summed E-state index contributed by atoms with van der Waals surface area (Å²) in [6, 6.07) is 19.4. The number of piperidine rings is 1. The van der Waals surface area contributed by atoms with Gasteiger partial charge in [0.25, 0.3) is 0 Å². The number of likely N-dealkylation sites (tertiary alicyclic amines) is 1. The Balaban J connectivity index is 1.54. The molecule has 3 rings (SSSR count). The third-order valence-corrected chi connectivity index (χ3v) is 5.82. The predicted molar refractivity (Wildman–Crippen MR) is 124 cm³/mol. The summed E-state index contributed by atoms with van der Waals surface area (Å²) < 4.78 is 0. The Morgan fingerprint density at radius 1 is 1.11 bits per heavy atom. The van der Waals surface area contributed by atoms with E-state index in [1.54, 1.807) is 0 Å². The van der Waals surface area contributed by atoms with E-state index in [4.69, 9.17) is 18.0 Å². The first-order valence-corrected chi connectivity index (χ1v) is 10.7. The van der Waals surface area contributed by atoms with Gasteiger partial charge in [0.1, 0.15) is 0 Å². The number of nitrogens with zero attached hydrogens (tertiary/aromatic N) is 2. The first-order valence-electron chi connectivity index (χ1n) is 10.2. The molecule has 0 bridgehead atoms. The van der Waals surface area contributed by atoms with Gasteiger partial charge < -0.3 is 20.9 Å². The highest BCUT2D eigenvalue weighted by Gasteiger charge is 2.28. The lowest BCUT2D eigenvalue weighted by atomic mass is 10.0. The lowest BCUT2D eigenvalue weighted by Crippen LogP contribution is -2.51. The van der Waals surface area contributed by atoms with Crippen molar-refractivity contribution >= 4 is 28.7 Å². The van der Waals surface area contributed by atoms with Crippen LogP contribution in [0.5, 0.6) is 0 Å². The molecule has 0 atom stereocenters. The monoisotopic (exact) mass is 396 g/mol. The Hall–Kier alpha value is -2.11. The molecule has 0 aromatic heterocycles. The molecule has 0 spiro atoms. The van der Waals surface area contributed by atoms with Crippen LogP contribution in [-0.2, 0) is 6.42 Å². The van der Waals surface area contributed by atoms with Crippen molar-refractivity contribution in [1.29, 1.82) is 0 Å². The number of rotatable bonds is 6. The van der Waals surface area contributed by atoms with Crippen LogP contribution in [0.4, 0.5) is 11.4 Å². The molecular weight excluding hydrogens is 364 g/mol. The van der Waals surface area contributed by atoms with Crippen LogP contribution in [0.15, 0.2) is 54.6 Å². The molecule has 0 saturated carbocycles. The Labute approximate surface area is 174 Å². The van der Waals surface area contributed by atoms with Gasteiger partial charge >= 0.3 is 0 Å². The Morgan fingerprint density at radius 2 is 1.75 bits per heavy atom. The van der Waals surface area contributed by atoms with Crippen molar-refractivity contribution in [2.45, 2.75) is 45.2 Å². The van der Waals surface area contributed by atoms with E-state index in [0.29, 0.717) is 12.1 Å². The second-order valence-electron chi connectivity index (χ2n) is 7.83. The molecule has 3 N–H and O–H groups in total. The van der Waals surface area contributed by atoms with Gasteiger partial charge in [-0.3, -0.25) is 0 Å². The molecule has 1 fully saturated rings. The van der Waals surface area contributed by atoms with Crippen LogP contribution in [-0.4, -0.2) is 46.6 Å². The zero-order valence-electron chi connectivity index (χ0n) is 17.0. The van der Waals surface area contributed by atoms with Crippen LogP contribution in [0.25, 0.3) is 0 Å².